The number of rotatable bonds is 3. The molecular formula is C14H25NO3. The van der Waals surface area contributed by atoms with E-state index in [1.54, 1.807) is 6.08 Å². The average molecular weight is 255 g/mol. The van der Waals surface area contributed by atoms with Crippen LogP contribution >= 0.6 is 0 Å². The predicted molar refractivity (Wildman–Crippen MR) is 71.6 cm³/mol. The number of carboxylic acid groups (broad SMARTS) is 1. The highest BCUT2D eigenvalue weighted by Gasteiger charge is 2.44. The number of piperidine rings is 1. The molecule has 4 nitrogen and oxygen atoms in total. The van der Waals surface area contributed by atoms with Crippen LogP contribution in [-0.4, -0.2) is 39.4 Å². The van der Waals surface area contributed by atoms with E-state index in [9.17, 15) is 15.0 Å². The summed E-state index contributed by atoms with van der Waals surface area (Å²) in [5.74, 6) is 0. The molecule has 4 heteroatoms. The molecule has 1 rings (SSSR count). The van der Waals surface area contributed by atoms with Gasteiger partial charge in [0, 0.05) is 12.6 Å². The van der Waals surface area contributed by atoms with Gasteiger partial charge in [0.2, 0.25) is 0 Å². The Kier molecular flexibility index (Phi) is 4.43. The molecule has 1 heterocycles. The number of carbonyl (C=O) groups is 1. The van der Waals surface area contributed by atoms with Crippen LogP contribution in [0.25, 0.3) is 0 Å². The molecule has 1 fully saturated rings. The maximum Gasteiger partial charge on any atom is 0.407 e. The smallest absolute Gasteiger partial charge is 0.407 e. The first kappa shape index (κ1) is 15.0. The lowest BCUT2D eigenvalue weighted by Gasteiger charge is -2.48. The van der Waals surface area contributed by atoms with Gasteiger partial charge in [-0.2, -0.15) is 0 Å². The van der Waals surface area contributed by atoms with E-state index in [0.29, 0.717) is 25.8 Å². The summed E-state index contributed by atoms with van der Waals surface area (Å²) in [6, 6.07) is -0.140. The summed E-state index contributed by atoms with van der Waals surface area (Å²) in [7, 11) is 0. The zero-order valence-electron chi connectivity index (χ0n) is 11.6. The molecule has 0 radical (unpaired) electrons. The van der Waals surface area contributed by atoms with Gasteiger partial charge in [-0.3, -0.25) is 0 Å². The van der Waals surface area contributed by atoms with E-state index in [-0.39, 0.29) is 11.5 Å². The molecule has 1 amide bonds. The molecule has 1 aliphatic rings. The summed E-state index contributed by atoms with van der Waals surface area (Å²) in [6.07, 6.45) is 3.36. The van der Waals surface area contributed by atoms with E-state index in [0.717, 1.165) is 6.42 Å². The van der Waals surface area contributed by atoms with Gasteiger partial charge in [0.1, 0.15) is 0 Å². The number of hydrogen-bond donors (Lipinski definition) is 2. The van der Waals surface area contributed by atoms with Gasteiger partial charge in [0.25, 0.3) is 0 Å². The van der Waals surface area contributed by atoms with Crippen molar-refractivity contribution < 1.29 is 15.0 Å². The fourth-order valence-corrected chi connectivity index (χ4v) is 2.66. The van der Waals surface area contributed by atoms with Crippen molar-refractivity contribution in [3.05, 3.63) is 12.7 Å². The summed E-state index contributed by atoms with van der Waals surface area (Å²) < 4.78 is 0. The van der Waals surface area contributed by atoms with Crippen LogP contribution < -0.4 is 0 Å². The number of aliphatic hydroxyl groups is 1. The third-order valence-electron chi connectivity index (χ3n) is 3.83. The van der Waals surface area contributed by atoms with Crippen molar-refractivity contribution in [2.45, 2.75) is 58.1 Å². The first-order valence-electron chi connectivity index (χ1n) is 6.52. The van der Waals surface area contributed by atoms with E-state index in [1.165, 1.54) is 4.90 Å². The van der Waals surface area contributed by atoms with E-state index in [2.05, 4.69) is 6.58 Å². The quantitative estimate of drug-likeness (QED) is 0.762. The summed E-state index contributed by atoms with van der Waals surface area (Å²) in [5, 5.41) is 19.8. The lowest BCUT2D eigenvalue weighted by atomic mass is 9.73. The Morgan fingerprint density at radius 2 is 2.17 bits per heavy atom. The molecule has 0 bridgehead atoms. The fraction of sp³-hybridized carbons (Fsp3) is 0.786. The van der Waals surface area contributed by atoms with Gasteiger partial charge in [0.15, 0.2) is 0 Å². The Bertz CT molecular complexity index is 321. The first-order chi connectivity index (χ1) is 8.19. The van der Waals surface area contributed by atoms with Gasteiger partial charge in [-0.1, -0.05) is 26.8 Å². The summed E-state index contributed by atoms with van der Waals surface area (Å²) in [5.41, 5.74) is -0.918. The summed E-state index contributed by atoms with van der Waals surface area (Å²) in [4.78, 5) is 12.7. The molecule has 104 valence electrons. The Labute approximate surface area is 109 Å². The van der Waals surface area contributed by atoms with Crippen molar-refractivity contribution in [3.8, 4) is 0 Å². The molecule has 0 saturated carbocycles. The standard InChI is InChI=1S/C14H25NO3/c1-5-6-7-14(18)8-9-15(12(16)17)11(10-14)13(2,3)4/h5,11,18H,1,6-10H2,2-4H3,(H,16,17). The highest BCUT2D eigenvalue weighted by molar-refractivity contribution is 5.65. The van der Waals surface area contributed by atoms with Crippen molar-refractivity contribution in [2.75, 3.05) is 6.54 Å². The Morgan fingerprint density at radius 1 is 1.56 bits per heavy atom. The maximum atomic E-state index is 11.3. The van der Waals surface area contributed by atoms with Crippen molar-refractivity contribution in [3.63, 3.8) is 0 Å². The largest absolute Gasteiger partial charge is 0.465 e. The number of allylic oxidation sites excluding steroid dienone is 1. The number of hydrogen-bond acceptors (Lipinski definition) is 2. The topological polar surface area (TPSA) is 60.8 Å². The molecule has 2 unspecified atom stereocenters. The lowest BCUT2D eigenvalue weighted by molar-refractivity contribution is -0.0680. The molecule has 1 saturated heterocycles. The zero-order valence-corrected chi connectivity index (χ0v) is 11.6. The monoisotopic (exact) mass is 255 g/mol. The highest BCUT2D eigenvalue weighted by atomic mass is 16.4. The molecule has 0 aromatic rings. The van der Waals surface area contributed by atoms with Gasteiger partial charge >= 0.3 is 6.09 Å². The second kappa shape index (κ2) is 5.31. The van der Waals surface area contributed by atoms with Crippen LogP contribution in [0.4, 0.5) is 4.79 Å². The van der Waals surface area contributed by atoms with Crippen molar-refractivity contribution in [2.24, 2.45) is 5.41 Å². The number of amides is 1. The van der Waals surface area contributed by atoms with E-state index in [1.807, 2.05) is 20.8 Å². The van der Waals surface area contributed by atoms with Crippen LogP contribution in [0, 0.1) is 5.41 Å². The average Bonchev–Trinajstić information content (AvgIpc) is 2.25. The minimum atomic E-state index is -0.888. The molecule has 0 aliphatic carbocycles. The van der Waals surface area contributed by atoms with Gasteiger partial charge in [-0.25, -0.2) is 4.79 Å². The molecular weight excluding hydrogens is 230 g/mol. The second-order valence-corrected chi connectivity index (χ2v) is 6.36. The third-order valence-corrected chi connectivity index (χ3v) is 3.83. The van der Waals surface area contributed by atoms with Crippen molar-refractivity contribution in [1.82, 2.24) is 4.90 Å². The molecule has 0 spiro atoms. The third kappa shape index (κ3) is 3.48. The van der Waals surface area contributed by atoms with Crippen molar-refractivity contribution in [1.29, 1.82) is 0 Å². The molecule has 18 heavy (non-hydrogen) atoms. The Hall–Kier alpha value is -1.03. The SMILES string of the molecule is C=CCCC1(O)CCN(C(=O)O)C(C(C)(C)C)C1. The highest BCUT2D eigenvalue weighted by Crippen LogP contribution is 2.38. The van der Waals surface area contributed by atoms with E-state index in [4.69, 9.17) is 0 Å². The molecule has 0 aromatic heterocycles. The van der Waals surface area contributed by atoms with Crippen LogP contribution in [0.3, 0.4) is 0 Å². The van der Waals surface area contributed by atoms with Gasteiger partial charge in [-0.15, -0.1) is 6.58 Å². The van der Waals surface area contributed by atoms with Crippen LogP contribution in [-0.2, 0) is 0 Å². The molecule has 1 aliphatic heterocycles. The van der Waals surface area contributed by atoms with Crippen LogP contribution in [0.15, 0.2) is 12.7 Å². The molecule has 2 N–H and O–H groups in total. The van der Waals surface area contributed by atoms with E-state index < -0.39 is 11.7 Å². The first-order valence-corrected chi connectivity index (χ1v) is 6.52. The molecule has 0 aromatic carbocycles. The van der Waals surface area contributed by atoms with Crippen LogP contribution in [0.1, 0.15) is 46.5 Å². The van der Waals surface area contributed by atoms with Gasteiger partial charge in [-0.05, 0) is 31.1 Å². The van der Waals surface area contributed by atoms with Crippen LogP contribution in [0.5, 0.6) is 0 Å². The lowest BCUT2D eigenvalue weighted by Crippen LogP contribution is -2.56. The van der Waals surface area contributed by atoms with E-state index >= 15 is 0 Å². The second-order valence-electron chi connectivity index (χ2n) is 6.36. The van der Waals surface area contributed by atoms with Crippen molar-refractivity contribution >= 4 is 6.09 Å². The Morgan fingerprint density at radius 3 is 2.61 bits per heavy atom. The number of nitrogens with zero attached hydrogens (tertiary/aromatic N) is 1. The zero-order chi connectivity index (χ0) is 14.0. The molecule has 2 atom stereocenters. The van der Waals surface area contributed by atoms with Gasteiger partial charge in [0.05, 0.1) is 5.60 Å². The minimum Gasteiger partial charge on any atom is -0.465 e. The summed E-state index contributed by atoms with van der Waals surface area (Å²) >= 11 is 0. The fourth-order valence-electron chi connectivity index (χ4n) is 2.66. The maximum absolute atomic E-state index is 11.3. The Balaban J connectivity index is 2.85. The minimum absolute atomic E-state index is 0.140. The number of likely N-dealkylation sites (tertiary alicyclic amines) is 1. The van der Waals surface area contributed by atoms with Gasteiger partial charge < -0.3 is 15.1 Å². The summed E-state index contributed by atoms with van der Waals surface area (Å²) in [6.45, 7) is 10.1. The normalized spacial score (nSPS) is 29.1. The van der Waals surface area contributed by atoms with Crippen LogP contribution in [0.2, 0.25) is 0 Å². The predicted octanol–water partition coefficient (Wildman–Crippen LogP) is 2.87.